The Balaban J connectivity index is 1.61. The average molecular weight is 385 g/mol. The minimum atomic E-state index is -0.348. The normalized spacial score (nSPS) is 15.4. The number of hydrogen-bond acceptors (Lipinski definition) is 3. The van der Waals surface area contributed by atoms with Crippen molar-refractivity contribution in [3.05, 3.63) is 100 Å². The van der Waals surface area contributed by atoms with Gasteiger partial charge >= 0.3 is 5.97 Å². The van der Waals surface area contributed by atoms with Crippen molar-refractivity contribution >= 4 is 17.6 Å². The summed E-state index contributed by atoms with van der Waals surface area (Å²) in [4.78, 5) is 25.4. The fourth-order valence-electron chi connectivity index (χ4n) is 3.78. The van der Waals surface area contributed by atoms with Gasteiger partial charge in [0.05, 0.1) is 5.56 Å². The number of para-hydroxylation sites is 1. The second kappa shape index (κ2) is 7.92. The highest BCUT2D eigenvalue weighted by Crippen LogP contribution is 2.31. The van der Waals surface area contributed by atoms with E-state index >= 15 is 0 Å². The topological polar surface area (TPSA) is 55.4 Å². The lowest BCUT2D eigenvalue weighted by atomic mass is 9.93. The number of benzene rings is 3. The molecule has 0 saturated carbocycles. The molecular formula is C25H23NO3. The Labute approximate surface area is 170 Å². The molecule has 1 atom stereocenters. The monoisotopic (exact) mass is 385 g/mol. The Morgan fingerprint density at radius 3 is 2.62 bits per heavy atom. The van der Waals surface area contributed by atoms with E-state index in [-0.39, 0.29) is 18.0 Å². The Morgan fingerprint density at radius 2 is 1.86 bits per heavy atom. The molecule has 1 amide bonds. The largest absolute Gasteiger partial charge is 0.454 e. The van der Waals surface area contributed by atoms with Crippen LogP contribution in [0.15, 0.2) is 66.7 Å². The molecule has 3 aromatic rings. The summed E-state index contributed by atoms with van der Waals surface area (Å²) in [5.74, 6) is -0.522. The lowest BCUT2D eigenvalue weighted by Gasteiger charge is -2.25. The minimum Gasteiger partial charge on any atom is -0.454 e. The maximum Gasteiger partial charge on any atom is 0.339 e. The molecule has 0 aliphatic carbocycles. The molecule has 4 rings (SSSR count). The van der Waals surface area contributed by atoms with Crippen LogP contribution in [0.2, 0.25) is 0 Å². The van der Waals surface area contributed by atoms with Crippen LogP contribution in [0.3, 0.4) is 0 Å². The fourth-order valence-corrected chi connectivity index (χ4v) is 3.78. The number of fused-ring (bicyclic) bond motifs is 1. The molecular weight excluding hydrogens is 362 g/mol. The summed E-state index contributed by atoms with van der Waals surface area (Å²) < 4.78 is 5.60. The highest BCUT2D eigenvalue weighted by Gasteiger charge is 2.28. The lowest BCUT2D eigenvalue weighted by Crippen LogP contribution is -2.23. The van der Waals surface area contributed by atoms with Gasteiger partial charge in [-0.25, -0.2) is 4.79 Å². The molecule has 1 unspecified atom stereocenters. The van der Waals surface area contributed by atoms with Crippen LogP contribution in [-0.4, -0.2) is 11.9 Å². The number of carbonyl (C=O) groups excluding carboxylic acids is 2. The number of anilines is 1. The van der Waals surface area contributed by atoms with E-state index in [0.29, 0.717) is 17.5 Å². The molecule has 0 fully saturated rings. The molecule has 0 aromatic heterocycles. The highest BCUT2D eigenvalue weighted by atomic mass is 16.5. The van der Waals surface area contributed by atoms with Gasteiger partial charge in [-0.1, -0.05) is 55.5 Å². The number of nitrogens with one attached hydrogen (secondary N) is 1. The summed E-state index contributed by atoms with van der Waals surface area (Å²) in [6.07, 6.45) is 1.06. The van der Waals surface area contributed by atoms with Crippen molar-refractivity contribution in [2.24, 2.45) is 0 Å². The molecule has 0 spiro atoms. The number of esters is 1. The molecule has 4 heteroatoms. The SMILES string of the molecule is CCc1cccc(C)c1NC(=O)c1ccc2c(c1)CC(c1ccccc1)OC2=O. The first kappa shape index (κ1) is 18.9. The van der Waals surface area contributed by atoms with Gasteiger partial charge in [0.15, 0.2) is 0 Å². The summed E-state index contributed by atoms with van der Waals surface area (Å²) in [5.41, 5.74) is 5.85. The minimum absolute atomic E-state index is 0.174. The molecule has 0 radical (unpaired) electrons. The zero-order chi connectivity index (χ0) is 20.4. The molecule has 3 aromatic carbocycles. The number of aryl methyl sites for hydroxylation is 2. The molecule has 146 valence electrons. The maximum atomic E-state index is 12.9. The molecule has 0 saturated heterocycles. The molecule has 4 nitrogen and oxygen atoms in total. The van der Waals surface area contributed by atoms with Gasteiger partial charge < -0.3 is 10.1 Å². The van der Waals surface area contributed by atoms with Crippen LogP contribution in [-0.2, 0) is 17.6 Å². The highest BCUT2D eigenvalue weighted by molar-refractivity contribution is 6.06. The first-order valence-electron chi connectivity index (χ1n) is 9.85. The van der Waals surface area contributed by atoms with Crippen LogP contribution in [0.4, 0.5) is 5.69 Å². The smallest absolute Gasteiger partial charge is 0.339 e. The van der Waals surface area contributed by atoms with Crippen molar-refractivity contribution in [3.8, 4) is 0 Å². The van der Waals surface area contributed by atoms with E-state index in [4.69, 9.17) is 4.74 Å². The Hall–Kier alpha value is -3.40. The van der Waals surface area contributed by atoms with E-state index in [0.717, 1.165) is 34.4 Å². The first-order valence-corrected chi connectivity index (χ1v) is 9.85. The fraction of sp³-hybridized carbons (Fsp3) is 0.200. The Bertz CT molecular complexity index is 1070. The van der Waals surface area contributed by atoms with Gasteiger partial charge in [-0.15, -0.1) is 0 Å². The van der Waals surface area contributed by atoms with E-state index in [1.807, 2.05) is 61.5 Å². The Kier molecular flexibility index (Phi) is 5.17. The molecule has 1 N–H and O–H groups in total. The van der Waals surface area contributed by atoms with Crippen molar-refractivity contribution in [3.63, 3.8) is 0 Å². The van der Waals surface area contributed by atoms with Crippen molar-refractivity contribution in [2.45, 2.75) is 32.8 Å². The predicted octanol–water partition coefficient (Wildman–Crippen LogP) is 5.26. The van der Waals surface area contributed by atoms with Gasteiger partial charge in [0, 0.05) is 17.7 Å². The van der Waals surface area contributed by atoms with Gasteiger partial charge in [0.1, 0.15) is 6.10 Å². The standard InChI is InChI=1S/C25H23NO3/c1-3-17-11-7-8-16(2)23(17)26-24(27)19-12-13-21-20(14-19)15-22(29-25(21)28)18-9-5-4-6-10-18/h4-14,22H,3,15H2,1-2H3,(H,26,27). The van der Waals surface area contributed by atoms with Gasteiger partial charge in [-0.3, -0.25) is 4.79 Å². The Morgan fingerprint density at radius 1 is 1.07 bits per heavy atom. The zero-order valence-corrected chi connectivity index (χ0v) is 16.6. The van der Waals surface area contributed by atoms with E-state index in [2.05, 4.69) is 12.2 Å². The third-order valence-corrected chi connectivity index (χ3v) is 5.39. The maximum absolute atomic E-state index is 12.9. The predicted molar refractivity (Wildman–Crippen MR) is 113 cm³/mol. The molecule has 1 aliphatic rings. The summed E-state index contributed by atoms with van der Waals surface area (Å²) in [6.45, 7) is 4.06. The number of carbonyl (C=O) groups is 2. The van der Waals surface area contributed by atoms with Crippen molar-refractivity contribution in [2.75, 3.05) is 5.32 Å². The van der Waals surface area contributed by atoms with Crippen LogP contribution in [0.25, 0.3) is 0 Å². The second-order valence-corrected chi connectivity index (χ2v) is 7.30. The number of cyclic esters (lactones) is 1. The molecule has 0 bridgehead atoms. The third kappa shape index (κ3) is 3.79. The number of ether oxygens (including phenoxy) is 1. The van der Waals surface area contributed by atoms with Crippen LogP contribution in [0, 0.1) is 6.92 Å². The van der Waals surface area contributed by atoms with E-state index in [1.165, 1.54) is 0 Å². The van der Waals surface area contributed by atoms with Crippen LogP contribution in [0.5, 0.6) is 0 Å². The van der Waals surface area contributed by atoms with Crippen molar-refractivity contribution in [1.29, 1.82) is 0 Å². The van der Waals surface area contributed by atoms with Gasteiger partial charge in [-0.05, 0) is 53.8 Å². The van der Waals surface area contributed by atoms with Gasteiger partial charge in [0.25, 0.3) is 5.91 Å². The summed E-state index contributed by atoms with van der Waals surface area (Å²) in [7, 11) is 0. The summed E-state index contributed by atoms with van der Waals surface area (Å²) >= 11 is 0. The van der Waals surface area contributed by atoms with Crippen molar-refractivity contribution in [1.82, 2.24) is 0 Å². The van der Waals surface area contributed by atoms with E-state index in [1.54, 1.807) is 12.1 Å². The number of amides is 1. The van der Waals surface area contributed by atoms with E-state index < -0.39 is 0 Å². The van der Waals surface area contributed by atoms with E-state index in [9.17, 15) is 9.59 Å². The first-order chi connectivity index (χ1) is 14.1. The second-order valence-electron chi connectivity index (χ2n) is 7.30. The molecule has 1 heterocycles. The quantitative estimate of drug-likeness (QED) is 0.623. The number of rotatable bonds is 4. The van der Waals surface area contributed by atoms with Gasteiger partial charge in [0.2, 0.25) is 0 Å². The molecule has 1 aliphatic heterocycles. The molecule has 29 heavy (non-hydrogen) atoms. The number of hydrogen-bond donors (Lipinski definition) is 1. The third-order valence-electron chi connectivity index (χ3n) is 5.39. The van der Waals surface area contributed by atoms with Crippen LogP contribution >= 0.6 is 0 Å². The van der Waals surface area contributed by atoms with Crippen LogP contribution < -0.4 is 5.32 Å². The lowest BCUT2D eigenvalue weighted by molar-refractivity contribution is 0.0252. The zero-order valence-electron chi connectivity index (χ0n) is 16.6. The average Bonchev–Trinajstić information content (AvgIpc) is 2.75. The summed E-state index contributed by atoms with van der Waals surface area (Å²) in [6, 6.07) is 20.9. The summed E-state index contributed by atoms with van der Waals surface area (Å²) in [5, 5.41) is 3.05. The van der Waals surface area contributed by atoms with Crippen molar-refractivity contribution < 1.29 is 14.3 Å². The van der Waals surface area contributed by atoms with Crippen LogP contribution in [0.1, 0.15) is 56.0 Å². The van der Waals surface area contributed by atoms with Gasteiger partial charge in [-0.2, -0.15) is 0 Å².